The summed E-state index contributed by atoms with van der Waals surface area (Å²) in [4.78, 5) is 30.1. The Bertz CT molecular complexity index is 1370. The number of aromatic nitrogens is 2. The molecule has 0 N–H and O–H groups in total. The Hall–Kier alpha value is -3.78. The first-order valence-electron chi connectivity index (χ1n) is 15.1. The van der Waals surface area contributed by atoms with E-state index in [1.165, 1.54) is 18.6 Å². The van der Waals surface area contributed by atoms with E-state index in [2.05, 4.69) is 36.5 Å². The van der Waals surface area contributed by atoms with Crippen LogP contribution in [0.2, 0.25) is 0 Å². The molecule has 3 aliphatic rings. The van der Waals surface area contributed by atoms with Crippen LogP contribution in [0, 0.1) is 28.4 Å². The smallest absolute Gasteiger partial charge is 0.318 e. The summed E-state index contributed by atoms with van der Waals surface area (Å²) < 4.78 is 35.3. The van der Waals surface area contributed by atoms with Crippen LogP contribution in [0.5, 0.6) is 6.01 Å². The molecule has 43 heavy (non-hydrogen) atoms. The van der Waals surface area contributed by atoms with Crippen molar-refractivity contribution in [3.63, 3.8) is 0 Å². The zero-order chi connectivity index (χ0) is 30.6. The molecule has 1 aromatic heterocycles. The van der Waals surface area contributed by atoms with Gasteiger partial charge in [0.25, 0.3) is 0 Å². The van der Waals surface area contributed by atoms with Gasteiger partial charge in [0.05, 0.1) is 43.1 Å². The van der Waals surface area contributed by atoms with Gasteiger partial charge in [0, 0.05) is 43.7 Å². The number of rotatable bonds is 9. The second-order valence-corrected chi connectivity index (χ2v) is 12.3. The first-order valence-corrected chi connectivity index (χ1v) is 15.1. The number of hydrogen-bond donors (Lipinski definition) is 0. The van der Waals surface area contributed by atoms with E-state index in [0.717, 1.165) is 49.7 Å². The van der Waals surface area contributed by atoms with Crippen molar-refractivity contribution >= 4 is 17.4 Å². The molecule has 1 amide bonds. The highest BCUT2D eigenvalue weighted by molar-refractivity contribution is 5.87. The van der Waals surface area contributed by atoms with Gasteiger partial charge in [-0.3, -0.25) is 4.79 Å². The number of ether oxygens (including phenoxy) is 1. The molecule has 2 aliphatic heterocycles. The number of carbonyl (C=O) groups excluding carboxylic acids is 1. The summed E-state index contributed by atoms with van der Waals surface area (Å²) in [7, 11) is 4.16. The Labute approximate surface area is 252 Å². The summed E-state index contributed by atoms with van der Waals surface area (Å²) >= 11 is 0. The van der Waals surface area contributed by atoms with E-state index < -0.39 is 11.6 Å². The topological polar surface area (TPSA) is 88.8 Å². The van der Waals surface area contributed by atoms with Gasteiger partial charge in [-0.1, -0.05) is 31.9 Å². The summed E-state index contributed by atoms with van der Waals surface area (Å²) in [6, 6.07) is 6.37. The van der Waals surface area contributed by atoms with Gasteiger partial charge in [-0.2, -0.15) is 15.2 Å². The van der Waals surface area contributed by atoms with Crippen molar-refractivity contribution in [3.8, 4) is 12.1 Å². The fourth-order valence-corrected chi connectivity index (χ4v) is 6.93. The molecule has 0 spiro atoms. The first-order chi connectivity index (χ1) is 20.7. The Morgan fingerprint density at radius 3 is 2.70 bits per heavy atom. The lowest BCUT2D eigenvalue weighted by atomic mass is 9.74. The maximum absolute atomic E-state index is 14.8. The van der Waals surface area contributed by atoms with E-state index in [4.69, 9.17) is 14.7 Å². The van der Waals surface area contributed by atoms with Crippen LogP contribution in [0.1, 0.15) is 49.8 Å². The van der Waals surface area contributed by atoms with Crippen LogP contribution in [-0.4, -0.2) is 85.1 Å². The summed E-state index contributed by atoms with van der Waals surface area (Å²) in [5.41, 5.74) is 1.85. The molecule has 5 rings (SSSR count). The second-order valence-electron chi connectivity index (χ2n) is 12.3. The average molecular weight is 594 g/mol. The van der Waals surface area contributed by atoms with Gasteiger partial charge >= 0.3 is 6.01 Å². The number of nitriles is 1. The Morgan fingerprint density at radius 2 is 1.98 bits per heavy atom. The highest BCUT2D eigenvalue weighted by Gasteiger charge is 2.36. The van der Waals surface area contributed by atoms with Crippen LogP contribution < -0.4 is 14.5 Å². The van der Waals surface area contributed by atoms with E-state index in [0.29, 0.717) is 44.9 Å². The third-order valence-corrected chi connectivity index (χ3v) is 8.93. The van der Waals surface area contributed by atoms with Gasteiger partial charge in [-0.15, -0.1) is 0 Å². The lowest BCUT2D eigenvalue weighted by Crippen LogP contribution is -2.55. The van der Waals surface area contributed by atoms with Gasteiger partial charge in [-0.25, -0.2) is 8.78 Å². The standard InChI is InChI=1S/C32H41F2N7O2/c1-4-28(42)41-18-17-40(19-23(41)11-15-35)30-24-12-16-39(27-10-8-9-25(33)29(27)34)20-26(24)36-31(37-30)43-22-32(21-38(2)3)13-6-5-7-14-32/h4,8-10,23H,1,5-7,11-14,16-22H2,2-3H3/t23-/m0/s1. The average Bonchev–Trinajstić information content (AvgIpc) is 3.00. The number of anilines is 2. The molecule has 0 bridgehead atoms. The number of amides is 1. The van der Waals surface area contributed by atoms with Crippen LogP contribution in [-0.2, 0) is 17.8 Å². The molecule has 1 atom stereocenters. The van der Waals surface area contributed by atoms with Crippen LogP contribution in [0.3, 0.4) is 0 Å². The second kappa shape index (κ2) is 13.2. The third-order valence-electron chi connectivity index (χ3n) is 8.93. The molecule has 3 heterocycles. The fourth-order valence-electron chi connectivity index (χ4n) is 6.93. The van der Waals surface area contributed by atoms with Crippen molar-refractivity contribution in [1.29, 1.82) is 5.26 Å². The number of halogens is 2. The number of fused-ring (bicyclic) bond motifs is 1. The molecular formula is C32H41F2N7O2. The predicted molar refractivity (Wildman–Crippen MR) is 161 cm³/mol. The summed E-state index contributed by atoms with van der Waals surface area (Å²) in [6.45, 7) is 7.15. The van der Waals surface area contributed by atoms with Crippen molar-refractivity contribution in [2.75, 3.05) is 63.2 Å². The summed E-state index contributed by atoms with van der Waals surface area (Å²) in [6.07, 6.45) is 7.70. The van der Waals surface area contributed by atoms with Gasteiger partial charge < -0.3 is 24.3 Å². The zero-order valence-corrected chi connectivity index (χ0v) is 25.2. The lowest BCUT2D eigenvalue weighted by Gasteiger charge is -2.42. The number of nitrogens with zero attached hydrogens (tertiary/aromatic N) is 7. The Morgan fingerprint density at radius 1 is 1.19 bits per heavy atom. The summed E-state index contributed by atoms with van der Waals surface area (Å²) in [5.74, 6) is -1.23. The molecule has 9 nitrogen and oxygen atoms in total. The molecule has 1 saturated heterocycles. The minimum absolute atomic E-state index is 0.00642. The molecule has 2 fully saturated rings. The highest BCUT2D eigenvalue weighted by atomic mass is 19.2. The Kier molecular flexibility index (Phi) is 9.45. The summed E-state index contributed by atoms with van der Waals surface area (Å²) in [5, 5.41) is 9.50. The minimum Gasteiger partial charge on any atom is -0.463 e. The molecule has 2 aromatic rings. The van der Waals surface area contributed by atoms with Crippen molar-refractivity contribution in [1.82, 2.24) is 19.8 Å². The molecule has 0 unspecified atom stereocenters. The maximum atomic E-state index is 14.8. The van der Waals surface area contributed by atoms with Crippen LogP contribution in [0.4, 0.5) is 20.3 Å². The van der Waals surface area contributed by atoms with Crippen molar-refractivity contribution < 1.29 is 18.3 Å². The Balaban J connectivity index is 1.48. The van der Waals surface area contributed by atoms with Crippen molar-refractivity contribution in [2.45, 2.75) is 57.5 Å². The van der Waals surface area contributed by atoms with E-state index in [1.807, 2.05) is 0 Å². The highest BCUT2D eigenvalue weighted by Crippen LogP contribution is 2.38. The lowest BCUT2D eigenvalue weighted by molar-refractivity contribution is -0.128. The normalized spacial score (nSPS) is 20.0. The van der Waals surface area contributed by atoms with E-state index >= 15 is 0 Å². The van der Waals surface area contributed by atoms with Gasteiger partial charge in [0.2, 0.25) is 5.91 Å². The minimum atomic E-state index is -0.884. The maximum Gasteiger partial charge on any atom is 0.318 e. The van der Waals surface area contributed by atoms with Crippen LogP contribution in [0.15, 0.2) is 30.9 Å². The number of benzene rings is 1. The van der Waals surface area contributed by atoms with E-state index in [1.54, 1.807) is 15.9 Å². The number of carbonyl (C=O) groups is 1. The number of piperazine rings is 1. The van der Waals surface area contributed by atoms with Crippen molar-refractivity contribution in [3.05, 3.63) is 53.7 Å². The first kappa shape index (κ1) is 30.7. The number of hydrogen-bond acceptors (Lipinski definition) is 8. The van der Waals surface area contributed by atoms with Crippen molar-refractivity contribution in [2.24, 2.45) is 5.41 Å². The van der Waals surface area contributed by atoms with Gasteiger partial charge in [-0.05, 0) is 51.6 Å². The van der Waals surface area contributed by atoms with Crippen LogP contribution in [0.25, 0.3) is 0 Å². The van der Waals surface area contributed by atoms with Crippen LogP contribution >= 0.6 is 0 Å². The SMILES string of the molecule is C=CC(=O)N1CCN(c2nc(OCC3(CN(C)C)CCCCC3)nc3c2CCN(c2cccc(F)c2F)C3)C[C@@H]1CC#N. The van der Waals surface area contributed by atoms with Gasteiger partial charge in [0.1, 0.15) is 5.82 Å². The molecule has 11 heteroatoms. The third kappa shape index (κ3) is 6.74. The van der Waals surface area contributed by atoms with Gasteiger partial charge in [0.15, 0.2) is 11.6 Å². The molecule has 1 aromatic carbocycles. The quantitative estimate of drug-likeness (QED) is 0.397. The molecular weight excluding hydrogens is 552 g/mol. The molecule has 1 aliphatic carbocycles. The zero-order valence-electron chi connectivity index (χ0n) is 25.2. The van der Waals surface area contributed by atoms with E-state index in [9.17, 15) is 18.8 Å². The predicted octanol–water partition coefficient (Wildman–Crippen LogP) is 4.33. The molecule has 0 radical (unpaired) electrons. The molecule has 1 saturated carbocycles. The largest absolute Gasteiger partial charge is 0.463 e. The van der Waals surface area contributed by atoms with E-state index in [-0.39, 0.29) is 42.0 Å². The monoisotopic (exact) mass is 593 g/mol. The fraction of sp³-hybridized carbons (Fsp3) is 0.562. The molecule has 230 valence electrons.